The lowest BCUT2D eigenvalue weighted by Crippen LogP contribution is -2.57. The molecule has 4 aromatic rings. The van der Waals surface area contributed by atoms with Gasteiger partial charge in [-0.3, -0.25) is 9.69 Å². The molecule has 0 spiro atoms. The van der Waals surface area contributed by atoms with Gasteiger partial charge in [-0.2, -0.15) is 13.2 Å². The Kier molecular flexibility index (Phi) is 8.14. The molecule has 8 heteroatoms. The molecule has 3 aromatic carbocycles. The molecule has 1 aliphatic rings. The van der Waals surface area contributed by atoms with Crippen molar-refractivity contribution in [3.63, 3.8) is 0 Å². The average molecular weight is 535 g/mol. The van der Waals surface area contributed by atoms with Crippen LogP contribution < -0.4 is 0 Å². The number of alkyl halides is 3. The third-order valence-electron chi connectivity index (χ3n) is 7.68. The number of rotatable bonds is 9. The second-order valence-corrected chi connectivity index (χ2v) is 10.2. The van der Waals surface area contributed by atoms with Gasteiger partial charge in [0, 0.05) is 31.4 Å². The minimum Gasteiger partial charge on any atom is -0.347 e. The van der Waals surface area contributed by atoms with E-state index >= 15 is 0 Å². The summed E-state index contributed by atoms with van der Waals surface area (Å²) < 4.78 is 39.5. The van der Waals surface area contributed by atoms with Crippen LogP contribution in [0.4, 0.5) is 13.2 Å². The lowest BCUT2D eigenvalue weighted by molar-refractivity contribution is -0.137. The first-order valence-corrected chi connectivity index (χ1v) is 13.5. The Morgan fingerprint density at radius 1 is 1.05 bits per heavy atom. The number of nitrogens with one attached hydrogen (secondary N) is 1. The number of aromatic nitrogens is 2. The van der Waals surface area contributed by atoms with E-state index < -0.39 is 17.8 Å². The van der Waals surface area contributed by atoms with E-state index in [4.69, 9.17) is 0 Å². The molecule has 0 amide bonds. The van der Waals surface area contributed by atoms with E-state index in [0.717, 1.165) is 60.1 Å². The van der Waals surface area contributed by atoms with Crippen LogP contribution in [0.25, 0.3) is 10.8 Å². The lowest BCUT2D eigenvalue weighted by atomic mass is 9.92. The van der Waals surface area contributed by atoms with Crippen LogP contribution in [-0.4, -0.2) is 57.8 Å². The molecule has 5 nitrogen and oxygen atoms in total. The summed E-state index contributed by atoms with van der Waals surface area (Å²) >= 11 is 0. The minimum absolute atomic E-state index is 0.0601. The fourth-order valence-electron chi connectivity index (χ4n) is 5.57. The summed E-state index contributed by atoms with van der Waals surface area (Å²) in [7, 11) is 0. The third-order valence-corrected chi connectivity index (χ3v) is 7.68. The van der Waals surface area contributed by atoms with Crippen LogP contribution in [0.5, 0.6) is 0 Å². The average Bonchev–Trinajstić information content (AvgIpc) is 3.49. The number of imidazole rings is 1. The molecule has 2 atom stereocenters. The maximum absolute atomic E-state index is 14.3. The summed E-state index contributed by atoms with van der Waals surface area (Å²) in [6, 6.07) is 18.4. The number of fused-ring (bicyclic) bond motifs is 1. The van der Waals surface area contributed by atoms with Gasteiger partial charge in [0.05, 0.1) is 29.7 Å². The third kappa shape index (κ3) is 6.07. The Morgan fingerprint density at radius 3 is 2.54 bits per heavy atom. The Bertz CT molecular complexity index is 1380. The van der Waals surface area contributed by atoms with Crippen molar-refractivity contribution in [2.45, 2.75) is 44.4 Å². The maximum Gasteiger partial charge on any atom is 0.416 e. The summed E-state index contributed by atoms with van der Waals surface area (Å²) in [4.78, 5) is 26.3. The highest BCUT2D eigenvalue weighted by atomic mass is 19.4. The van der Waals surface area contributed by atoms with Crippen LogP contribution in [0.15, 0.2) is 79.3 Å². The van der Waals surface area contributed by atoms with Gasteiger partial charge >= 0.3 is 6.18 Å². The first-order chi connectivity index (χ1) is 18.8. The number of hydrogen-bond donors (Lipinski definition) is 1. The molecule has 0 aliphatic carbocycles. The van der Waals surface area contributed by atoms with Gasteiger partial charge in [-0.1, -0.05) is 67.9 Å². The Hall–Kier alpha value is -3.49. The molecular weight excluding hydrogens is 501 g/mol. The van der Waals surface area contributed by atoms with Crippen molar-refractivity contribution < 1.29 is 18.0 Å². The molecule has 1 N–H and O–H groups in total. The number of unbranched alkanes of at least 4 members (excludes halogenated alkanes) is 1. The highest BCUT2D eigenvalue weighted by molar-refractivity contribution is 6.10. The normalized spacial score (nSPS) is 17.9. The topological polar surface area (TPSA) is 52.2 Å². The molecule has 0 bridgehead atoms. The summed E-state index contributed by atoms with van der Waals surface area (Å²) in [6.45, 7) is 5.16. The fourth-order valence-corrected chi connectivity index (χ4v) is 5.57. The SMILES string of the molecule is CCCCN1CCN(C(Cc2ccc(C(F)(F)F)cc2)c2cnc[nH]2)[C@H](C(=O)c2cccc3ccccc23)C1. The molecule has 2 heterocycles. The summed E-state index contributed by atoms with van der Waals surface area (Å²) in [5.74, 6) is 0.0601. The van der Waals surface area contributed by atoms with E-state index in [1.165, 1.54) is 12.1 Å². The first-order valence-electron chi connectivity index (χ1n) is 13.5. The molecular formula is C31H33F3N4O. The number of carbonyl (C=O) groups excluding carboxylic acids is 1. The van der Waals surface area contributed by atoms with E-state index in [9.17, 15) is 18.0 Å². The second-order valence-electron chi connectivity index (χ2n) is 10.2. The van der Waals surface area contributed by atoms with Crippen molar-refractivity contribution >= 4 is 16.6 Å². The summed E-state index contributed by atoms with van der Waals surface area (Å²) in [6.07, 6.45) is 1.56. The quantitative estimate of drug-likeness (QED) is 0.248. The zero-order valence-corrected chi connectivity index (χ0v) is 22.0. The van der Waals surface area contributed by atoms with Gasteiger partial charge in [0.25, 0.3) is 0 Å². The number of Topliss-reactive ketones (excluding diaryl/α,β-unsaturated/α-hetero) is 1. The van der Waals surface area contributed by atoms with Gasteiger partial charge in [-0.25, -0.2) is 4.98 Å². The molecule has 5 rings (SSSR count). The Balaban J connectivity index is 1.50. The van der Waals surface area contributed by atoms with Crippen molar-refractivity contribution in [1.29, 1.82) is 0 Å². The highest BCUT2D eigenvalue weighted by Crippen LogP contribution is 2.33. The molecule has 0 radical (unpaired) electrons. The van der Waals surface area contributed by atoms with Crippen LogP contribution >= 0.6 is 0 Å². The zero-order chi connectivity index (χ0) is 27.4. The van der Waals surface area contributed by atoms with Crippen molar-refractivity contribution in [3.8, 4) is 0 Å². The fraction of sp³-hybridized carbons (Fsp3) is 0.355. The predicted molar refractivity (Wildman–Crippen MR) is 147 cm³/mol. The van der Waals surface area contributed by atoms with E-state index in [2.05, 4.69) is 26.7 Å². The Labute approximate surface area is 226 Å². The predicted octanol–water partition coefficient (Wildman–Crippen LogP) is 6.53. The van der Waals surface area contributed by atoms with Gasteiger partial charge in [-0.05, 0) is 47.9 Å². The zero-order valence-electron chi connectivity index (χ0n) is 22.0. The van der Waals surface area contributed by atoms with Crippen LogP contribution in [0.3, 0.4) is 0 Å². The van der Waals surface area contributed by atoms with Crippen molar-refractivity contribution in [1.82, 2.24) is 19.8 Å². The lowest BCUT2D eigenvalue weighted by Gasteiger charge is -2.44. The highest BCUT2D eigenvalue weighted by Gasteiger charge is 2.38. The largest absolute Gasteiger partial charge is 0.416 e. The number of piperazine rings is 1. The van der Waals surface area contributed by atoms with Crippen LogP contribution in [0.1, 0.15) is 53.0 Å². The van der Waals surface area contributed by atoms with Gasteiger partial charge < -0.3 is 9.88 Å². The molecule has 1 saturated heterocycles. The molecule has 1 aromatic heterocycles. The number of carbonyl (C=O) groups is 1. The van der Waals surface area contributed by atoms with Gasteiger partial charge in [0.15, 0.2) is 5.78 Å². The molecule has 1 fully saturated rings. The number of benzene rings is 3. The molecule has 1 unspecified atom stereocenters. The molecule has 204 valence electrons. The van der Waals surface area contributed by atoms with E-state index in [1.807, 2.05) is 42.5 Å². The van der Waals surface area contributed by atoms with E-state index in [1.54, 1.807) is 12.5 Å². The summed E-state index contributed by atoms with van der Waals surface area (Å²) in [5.41, 5.74) is 1.64. The number of halogens is 3. The second kappa shape index (κ2) is 11.7. The summed E-state index contributed by atoms with van der Waals surface area (Å²) in [5, 5.41) is 1.94. The van der Waals surface area contributed by atoms with Crippen molar-refractivity contribution in [3.05, 3.63) is 102 Å². The van der Waals surface area contributed by atoms with E-state index in [0.29, 0.717) is 25.1 Å². The van der Waals surface area contributed by atoms with Crippen LogP contribution in [0, 0.1) is 0 Å². The number of hydrogen-bond acceptors (Lipinski definition) is 4. The smallest absolute Gasteiger partial charge is 0.347 e. The number of aromatic amines is 1. The minimum atomic E-state index is -4.38. The monoisotopic (exact) mass is 534 g/mol. The van der Waals surface area contributed by atoms with Crippen LogP contribution in [0.2, 0.25) is 0 Å². The van der Waals surface area contributed by atoms with Crippen LogP contribution in [-0.2, 0) is 12.6 Å². The first kappa shape index (κ1) is 27.1. The van der Waals surface area contributed by atoms with Crippen molar-refractivity contribution in [2.75, 3.05) is 26.2 Å². The standard InChI is InChI=1S/C31H33F3N4O/c1-2-3-15-37-16-17-38(29(20-37)30(39)26-10-6-8-23-7-4-5-9-25(23)26)28(27-19-35-21-36-27)18-22-11-13-24(14-12-22)31(32,33)34/h4-14,19,21,28-29H,2-3,15-18,20H2,1H3,(H,35,36)/t28?,29-/m0/s1. The number of nitrogens with zero attached hydrogens (tertiary/aromatic N) is 3. The molecule has 39 heavy (non-hydrogen) atoms. The van der Waals surface area contributed by atoms with Gasteiger partial charge in [0.2, 0.25) is 0 Å². The van der Waals surface area contributed by atoms with Gasteiger partial charge in [-0.15, -0.1) is 0 Å². The molecule has 0 saturated carbocycles. The maximum atomic E-state index is 14.3. The van der Waals surface area contributed by atoms with Gasteiger partial charge in [0.1, 0.15) is 0 Å². The number of H-pyrrole nitrogens is 1. The van der Waals surface area contributed by atoms with E-state index in [-0.39, 0.29) is 11.8 Å². The molecule has 1 aliphatic heterocycles. The Morgan fingerprint density at radius 2 is 1.82 bits per heavy atom. The number of ketones is 1. The van der Waals surface area contributed by atoms with Crippen molar-refractivity contribution in [2.24, 2.45) is 0 Å².